The van der Waals surface area contributed by atoms with Crippen molar-refractivity contribution in [2.24, 2.45) is 5.92 Å². The summed E-state index contributed by atoms with van der Waals surface area (Å²) in [6, 6.07) is 0. The third-order valence-electron chi connectivity index (χ3n) is 3.13. The quantitative estimate of drug-likeness (QED) is 0.722. The first-order chi connectivity index (χ1) is 6.85. The van der Waals surface area contributed by atoms with E-state index in [0.717, 1.165) is 25.8 Å². The molecule has 3 nitrogen and oxygen atoms in total. The molecule has 0 aromatic carbocycles. The van der Waals surface area contributed by atoms with Crippen molar-refractivity contribution < 1.29 is 5.11 Å². The van der Waals surface area contributed by atoms with Crippen molar-refractivity contribution in [2.45, 2.75) is 39.2 Å². The van der Waals surface area contributed by atoms with E-state index in [2.05, 4.69) is 16.7 Å². The lowest BCUT2D eigenvalue weighted by Crippen LogP contribution is -2.12. The maximum absolute atomic E-state index is 9.21. The van der Waals surface area contributed by atoms with Crippen molar-refractivity contribution >= 4 is 0 Å². The first-order valence-electron chi connectivity index (χ1n) is 5.49. The fraction of sp³-hybridized carbons (Fsp3) is 0.727. The minimum atomic E-state index is 0.314. The summed E-state index contributed by atoms with van der Waals surface area (Å²) >= 11 is 0. The number of hydrogen-bond acceptors (Lipinski definition) is 2. The molecule has 0 saturated heterocycles. The number of hydrogen-bond donors (Lipinski definition) is 1. The van der Waals surface area contributed by atoms with Crippen molar-refractivity contribution in [2.75, 3.05) is 6.61 Å². The predicted molar refractivity (Wildman–Crippen MR) is 55.1 cm³/mol. The van der Waals surface area contributed by atoms with Crippen molar-refractivity contribution in [3.8, 4) is 0 Å². The van der Waals surface area contributed by atoms with Crippen LogP contribution in [0.2, 0.25) is 0 Å². The first kappa shape index (κ1) is 9.71. The lowest BCUT2D eigenvalue weighted by atomic mass is 10.0. The van der Waals surface area contributed by atoms with Crippen LogP contribution in [0.1, 0.15) is 31.0 Å². The zero-order valence-electron chi connectivity index (χ0n) is 8.74. The molecule has 0 spiro atoms. The molecule has 0 fully saturated rings. The molecule has 78 valence electrons. The van der Waals surface area contributed by atoms with Crippen LogP contribution in [0.3, 0.4) is 0 Å². The van der Waals surface area contributed by atoms with Gasteiger partial charge in [-0.05, 0) is 44.1 Å². The molecule has 14 heavy (non-hydrogen) atoms. The molecule has 3 heteroatoms. The Balaban J connectivity index is 2.26. The highest BCUT2D eigenvalue weighted by Gasteiger charge is 2.19. The first-order valence-corrected chi connectivity index (χ1v) is 5.49. The van der Waals surface area contributed by atoms with Crippen LogP contribution in [0.25, 0.3) is 0 Å². The molecular weight excluding hydrogens is 176 g/mol. The lowest BCUT2D eigenvalue weighted by molar-refractivity contribution is 0.216. The topological polar surface area (TPSA) is 38.0 Å². The Hall–Kier alpha value is -0.830. The van der Waals surface area contributed by atoms with Gasteiger partial charge in [-0.2, -0.15) is 5.10 Å². The monoisotopic (exact) mass is 194 g/mol. The standard InChI is InChI=1S/C11H18N2O/c1-2-13-11-6-9(8-14)4-3-5-10(11)7-12-13/h7,9,14H,2-6,8H2,1H3/t9-/m1/s1. The molecule has 0 radical (unpaired) electrons. The summed E-state index contributed by atoms with van der Waals surface area (Å²) in [5.41, 5.74) is 2.74. The maximum atomic E-state index is 9.21. The Morgan fingerprint density at radius 3 is 3.21 bits per heavy atom. The smallest absolute Gasteiger partial charge is 0.0524 e. The molecule has 1 aliphatic carbocycles. The highest BCUT2D eigenvalue weighted by Crippen LogP contribution is 2.24. The molecule has 0 saturated carbocycles. The minimum Gasteiger partial charge on any atom is -0.396 e. The Morgan fingerprint density at radius 1 is 1.64 bits per heavy atom. The number of rotatable bonds is 2. The number of aryl methyl sites for hydroxylation is 2. The van der Waals surface area contributed by atoms with Crippen LogP contribution in [0.5, 0.6) is 0 Å². The zero-order chi connectivity index (χ0) is 9.97. The molecule has 0 amide bonds. The molecule has 1 atom stereocenters. The Kier molecular flexibility index (Phi) is 2.87. The molecule has 1 N–H and O–H groups in total. The molecule has 2 rings (SSSR count). The third kappa shape index (κ3) is 1.69. The summed E-state index contributed by atoms with van der Waals surface area (Å²) in [4.78, 5) is 0. The van der Waals surface area contributed by atoms with Gasteiger partial charge in [0.05, 0.1) is 6.20 Å². The molecule has 1 aromatic heterocycles. The van der Waals surface area contributed by atoms with Crippen LogP contribution < -0.4 is 0 Å². The van der Waals surface area contributed by atoms with Crippen LogP contribution >= 0.6 is 0 Å². The van der Waals surface area contributed by atoms with E-state index in [1.54, 1.807) is 0 Å². The zero-order valence-corrected chi connectivity index (χ0v) is 8.74. The highest BCUT2D eigenvalue weighted by molar-refractivity contribution is 5.20. The second-order valence-electron chi connectivity index (χ2n) is 4.08. The van der Waals surface area contributed by atoms with Crippen molar-refractivity contribution in [1.82, 2.24) is 9.78 Å². The van der Waals surface area contributed by atoms with Crippen molar-refractivity contribution in [1.29, 1.82) is 0 Å². The van der Waals surface area contributed by atoms with E-state index in [0.29, 0.717) is 12.5 Å². The molecule has 1 aromatic rings. The minimum absolute atomic E-state index is 0.314. The van der Waals surface area contributed by atoms with Gasteiger partial charge in [0.2, 0.25) is 0 Å². The molecule has 0 unspecified atom stereocenters. The average Bonchev–Trinajstić information content (AvgIpc) is 2.47. The van der Waals surface area contributed by atoms with Crippen LogP contribution in [0.15, 0.2) is 6.20 Å². The molecular formula is C11H18N2O. The van der Waals surface area contributed by atoms with Gasteiger partial charge in [-0.3, -0.25) is 4.68 Å². The SMILES string of the molecule is CCn1ncc2c1C[C@H](CO)CCC2. The second-order valence-corrected chi connectivity index (χ2v) is 4.08. The van der Waals surface area contributed by atoms with Crippen LogP contribution in [0.4, 0.5) is 0 Å². The Labute approximate surface area is 84.7 Å². The number of fused-ring (bicyclic) bond motifs is 1. The van der Waals surface area contributed by atoms with Crippen molar-refractivity contribution in [3.63, 3.8) is 0 Å². The van der Waals surface area contributed by atoms with Crippen LogP contribution in [0, 0.1) is 5.92 Å². The van der Waals surface area contributed by atoms with Gasteiger partial charge in [0.1, 0.15) is 0 Å². The van der Waals surface area contributed by atoms with E-state index in [9.17, 15) is 5.11 Å². The van der Waals surface area contributed by atoms with Crippen LogP contribution in [-0.2, 0) is 19.4 Å². The summed E-state index contributed by atoms with van der Waals surface area (Å²) in [7, 11) is 0. The third-order valence-corrected chi connectivity index (χ3v) is 3.13. The van der Waals surface area contributed by atoms with E-state index in [-0.39, 0.29) is 0 Å². The Morgan fingerprint density at radius 2 is 2.50 bits per heavy atom. The lowest BCUT2D eigenvalue weighted by Gasteiger charge is -2.11. The van der Waals surface area contributed by atoms with Crippen LogP contribution in [-0.4, -0.2) is 21.5 Å². The Bertz CT molecular complexity index is 306. The van der Waals surface area contributed by atoms with Gasteiger partial charge in [-0.1, -0.05) is 0 Å². The second kappa shape index (κ2) is 4.13. The number of nitrogens with zero attached hydrogens (tertiary/aromatic N) is 2. The van der Waals surface area contributed by atoms with E-state index < -0.39 is 0 Å². The fourth-order valence-electron chi connectivity index (χ4n) is 2.28. The van der Waals surface area contributed by atoms with E-state index in [1.165, 1.54) is 17.7 Å². The molecule has 0 bridgehead atoms. The van der Waals surface area contributed by atoms with Gasteiger partial charge in [-0.15, -0.1) is 0 Å². The average molecular weight is 194 g/mol. The van der Waals surface area contributed by atoms with Gasteiger partial charge < -0.3 is 5.11 Å². The number of aromatic nitrogens is 2. The van der Waals surface area contributed by atoms with Gasteiger partial charge in [0, 0.05) is 18.8 Å². The summed E-state index contributed by atoms with van der Waals surface area (Å²) < 4.78 is 2.07. The van der Waals surface area contributed by atoms with Gasteiger partial charge in [0.15, 0.2) is 0 Å². The maximum Gasteiger partial charge on any atom is 0.0524 e. The van der Waals surface area contributed by atoms with E-state index >= 15 is 0 Å². The van der Waals surface area contributed by atoms with Gasteiger partial charge >= 0.3 is 0 Å². The number of aliphatic hydroxyl groups is 1. The largest absolute Gasteiger partial charge is 0.396 e. The normalized spacial score (nSPS) is 21.7. The summed E-state index contributed by atoms with van der Waals surface area (Å²) in [5.74, 6) is 0.443. The van der Waals surface area contributed by atoms with E-state index in [1.807, 2.05) is 6.20 Å². The fourth-order valence-corrected chi connectivity index (χ4v) is 2.28. The molecule has 1 aliphatic rings. The summed E-state index contributed by atoms with van der Waals surface area (Å²) in [6.07, 6.45) is 6.46. The van der Waals surface area contributed by atoms with E-state index in [4.69, 9.17) is 0 Å². The highest BCUT2D eigenvalue weighted by atomic mass is 16.3. The predicted octanol–water partition coefficient (Wildman–Crippen LogP) is 1.39. The summed E-state index contributed by atoms with van der Waals surface area (Å²) in [5, 5.41) is 13.6. The molecule has 0 aliphatic heterocycles. The van der Waals surface area contributed by atoms with Gasteiger partial charge in [-0.25, -0.2) is 0 Å². The van der Waals surface area contributed by atoms with Crippen molar-refractivity contribution in [3.05, 3.63) is 17.5 Å². The molecule has 1 heterocycles. The summed E-state index contributed by atoms with van der Waals surface area (Å²) in [6.45, 7) is 3.37. The van der Waals surface area contributed by atoms with Gasteiger partial charge in [0.25, 0.3) is 0 Å². The number of aliphatic hydroxyl groups excluding tert-OH is 1.